The van der Waals surface area contributed by atoms with Gasteiger partial charge in [0.2, 0.25) is 21.8 Å². The van der Waals surface area contributed by atoms with Crippen molar-refractivity contribution in [3.63, 3.8) is 0 Å². The normalized spacial score (nSPS) is 12.0. The minimum atomic E-state index is -3.73. The Labute approximate surface area is 196 Å². The number of amides is 2. The predicted molar refractivity (Wildman–Crippen MR) is 130 cm³/mol. The molecule has 0 saturated heterocycles. The van der Waals surface area contributed by atoms with Gasteiger partial charge in [0.05, 0.1) is 19.1 Å². The van der Waals surface area contributed by atoms with E-state index in [1.165, 1.54) is 4.90 Å². The Kier molecular flexibility index (Phi) is 9.72. The van der Waals surface area contributed by atoms with E-state index in [2.05, 4.69) is 5.32 Å². The maximum Gasteiger partial charge on any atom is 0.244 e. The Morgan fingerprint density at radius 1 is 1.03 bits per heavy atom. The molecule has 0 radical (unpaired) electrons. The molecule has 0 aliphatic heterocycles. The van der Waals surface area contributed by atoms with Gasteiger partial charge in [-0.25, -0.2) is 8.42 Å². The zero-order valence-electron chi connectivity index (χ0n) is 19.7. The number of carbonyl (C=O) groups is 2. The fourth-order valence-electron chi connectivity index (χ4n) is 3.42. The molecule has 0 saturated carbocycles. The maximum absolute atomic E-state index is 13.5. The number of para-hydroxylation sites is 1. The SMILES string of the molecule is CCCNC(=O)[C@@H](CC)N(Cc1ccc(OC)cc1)C(=O)CN(c1ccccc1)S(C)(=O)=O. The summed E-state index contributed by atoms with van der Waals surface area (Å²) in [6.07, 6.45) is 2.22. The highest BCUT2D eigenvalue weighted by atomic mass is 32.2. The van der Waals surface area contributed by atoms with Gasteiger partial charge in [-0.15, -0.1) is 0 Å². The van der Waals surface area contributed by atoms with Crippen molar-refractivity contribution in [2.24, 2.45) is 0 Å². The molecule has 0 spiro atoms. The number of hydrogen-bond acceptors (Lipinski definition) is 5. The topological polar surface area (TPSA) is 96.0 Å². The molecule has 2 rings (SSSR count). The smallest absolute Gasteiger partial charge is 0.244 e. The van der Waals surface area contributed by atoms with E-state index in [1.807, 2.05) is 26.0 Å². The summed E-state index contributed by atoms with van der Waals surface area (Å²) in [6, 6.07) is 14.9. The van der Waals surface area contributed by atoms with Crippen molar-refractivity contribution in [3.8, 4) is 5.75 Å². The van der Waals surface area contributed by atoms with Crippen LogP contribution in [0.4, 0.5) is 5.69 Å². The van der Waals surface area contributed by atoms with Gasteiger partial charge in [0, 0.05) is 13.1 Å². The molecule has 1 atom stereocenters. The molecule has 0 fully saturated rings. The average molecular weight is 476 g/mol. The van der Waals surface area contributed by atoms with Gasteiger partial charge in [0.25, 0.3) is 0 Å². The molecule has 2 aromatic carbocycles. The summed E-state index contributed by atoms with van der Waals surface area (Å²) in [5.74, 6) is -0.0397. The molecular formula is C24H33N3O5S. The standard InChI is InChI=1S/C24H33N3O5S/c1-5-16-25-24(29)22(6-2)26(17-19-12-14-21(32-3)15-13-19)23(28)18-27(33(4,30)31)20-10-8-7-9-11-20/h7-15,22H,5-6,16-18H2,1-4H3,(H,25,29)/t22-/m1/s1. The third-order valence-electron chi connectivity index (χ3n) is 5.17. The first-order chi connectivity index (χ1) is 15.7. The second kappa shape index (κ2) is 12.2. The van der Waals surface area contributed by atoms with E-state index >= 15 is 0 Å². The van der Waals surface area contributed by atoms with E-state index in [9.17, 15) is 18.0 Å². The summed E-state index contributed by atoms with van der Waals surface area (Å²) in [5.41, 5.74) is 1.19. The van der Waals surface area contributed by atoms with Crippen LogP contribution in [0.2, 0.25) is 0 Å². The predicted octanol–water partition coefficient (Wildman–Crippen LogP) is 2.79. The Balaban J connectivity index is 2.38. The lowest BCUT2D eigenvalue weighted by molar-refractivity contribution is -0.140. The molecule has 0 bridgehead atoms. The minimum absolute atomic E-state index is 0.160. The molecule has 2 amide bonds. The highest BCUT2D eigenvalue weighted by Gasteiger charge is 2.31. The zero-order chi connectivity index (χ0) is 24.4. The Morgan fingerprint density at radius 3 is 2.18 bits per heavy atom. The van der Waals surface area contributed by atoms with E-state index in [4.69, 9.17) is 4.74 Å². The summed E-state index contributed by atoms with van der Waals surface area (Å²) in [7, 11) is -2.16. The highest BCUT2D eigenvalue weighted by Crippen LogP contribution is 2.20. The lowest BCUT2D eigenvalue weighted by Crippen LogP contribution is -2.52. The van der Waals surface area contributed by atoms with Crippen LogP contribution in [0.1, 0.15) is 32.3 Å². The molecule has 2 aromatic rings. The molecule has 180 valence electrons. The average Bonchev–Trinajstić information content (AvgIpc) is 2.81. The molecule has 0 unspecified atom stereocenters. The van der Waals surface area contributed by atoms with Crippen LogP contribution < -0.4 is 14.4 Å². The first-order valence-corrected chi connectivity index (χ1v) is 12.8. The van der Waals surface area contributed by atoms with Crippen molar-refractivity contribution in [1.29, 1.82) is 0 Å². The number of nitrogens with one attached hydrogen (secondary N) is 1. The monoisotopic (exact) mass is 475 g/mol. The largest absolute Gasteiger partial charge is 0.497 e. The van der Waals surface area contributed by atoms with Gasteiger partial charge < -0.3 is 15.0 Å². The number of methoxy groups -OCH3 is 1. The number of sulfonamides is 1. The summed E-state index contributed by atoms with van der Waals surface area (Å²) in [5, 5.41) is 2.85. The number of benzene rings is 2. The van der Waals surface area contributed by atoms with Gasteiger partial charge in [-0.3, -0.25) is 13.9 Å². The molecule has 9 heteroatoms. The van der Waals surface area contributed by atoms with E-state index in [0.29, 0.717) is 24.4 Å². The Morgan fingerprint density at radius 2 is 1.67 bits per heavy atom. The third kappa shape index (κ3) is 7.49. The molecule has 0 heterocycles. The summed E-state index contributed by atoms with van der Waals surface area (Å²) in [6.45, 7) is 4.03. The fourth-order valence-corrected chi connectivity index (χ4v) is 4.27. The van der Waals surface area contributed by atoms with E-state index in [0.717, 1.165) is 22.5 Å². The molecule has 0 aliphatic rings. The third-order valence-corrected chi connectivity index (χ3v) is 6.31. The molecule has 1 N–H and O–H groups in total. The first kappa shape index (κ1) is 26.2. The van der Waals surface area contributed by atoms with Crippen molar-refractivity contribution in [3.05, 3.63) is 60.2 Å². The van der Waals surface area contributed by atoms with Crippen molar-refractivity contribution < 1.29 is 22.7 Å². The minimum Gasteiger partial charge on any atom is -0.497 e. The van der Waals surface area contributed by atoms with Crippen LogP contribution >= 0.6 is 0 Å². The lowest BCUT2D eigenvalue weighted by atomic mass is 10.1. The second-order valence-corrected chi connectivity index (χ2v) is 9.60. The van der Waals surface area contributed by atoms with Gasteiger partial charge in [0.15, 0.2) is 0 Å². The van der Waals surface area contributed by atoms with Crippen molar-refractivity contribution >= 4 is 27.5 Å². The zero-order valence-corrected chi connectivity index (χ0v) is 20.5. The number of rotatable bonds is 12. The van der Waals surface area contributed by atoms with E-state index < -0.39 is 28.5 Å². The Hall–Kier alpha value is -3.07. The molecular weight excluding hydrogens is 442 g/mol. The van der Waals surface area contributed by atoms with Crippen LogP contribution in [0.15, 0.2) is 54.6 Å². The van der Waals surface area contributed by atoms with Crippen molar-refractivity contribution in [1.82, 2.24) is 10.2 Å². The molecule has 33 heavy (non-hydrogen) atoms. The first-order valence-electron chi connectivity index (χ1n) is 10.9. The van der Waals surface area contributed by atoms with Gasteiger partial charge in [0.1, 0.15) is 18.3 Å². The number of ether oxygens (including phenoxy) is 1. The maximum atomic E-state index is 13.5. The number of carbonyl (C=O) groups excluding carboxylic acids is 2. The summed E-state index contributed by atoms with van der Waals surface area (Å²) >= 11 is 0. The van der Waals surface area contributed by atoms with Crippen molar-refractivity contribution in [2.45, 2.75) is 39.3 Å². The van der Waals surface area contributed by atoms with Crippen LogP contribution in [-0.4, -0.2) is 57.6 Å². The van der Waals surface area contributed by atoms with Crippen LogP contribution in [-0.2, 0) is 26.2 Å². The number of anilines is 1. The van der Waals surface area contributed by atoms with E-state index in [1.54, 1.807) is 49.6 Å². The number of nitrogens with zero attached hydrogens (tertiary/aromatic N) is 2. The lowest BCUT2D eigenvalue weighted by Gasteiger charge is -2.32. The Bertz CT molecular complexity index is 1010. The quantitative estimate of drug-likeness (QED) is 0.509. The van der Waals surface area contributed by atoms with Crippen LogP contribution in [0.3, 0.4) is 0 Å². The van der Waals surface area contributed by atoms with Gasteiger partial charge in [-0.05, 0) is 42.7 Å². The van der Waals surface area contributed by atoms with Gasteiger partial charge >= 0.3 is 0 Å². The fraction of sp³-hybridized carbons (Fsp3) is 0.417. The molecule has 0 aromatic heterocycles. The van der Waals surface area contributed by atoms with Crippen LogP contribution in [0.25, 0.3) is 0 Å². The molecule has 0 aliphatic carbocycles. The van der Waals surface area contributed by atoms with Gasteiger partial charge in [-0.2, -0.15) is 0 Å². The molecule has 8 nitrogen and oxygen atoms in total. The van der Waals surface area contributed by atoms with Crippen molar-refractivity contribution in [2.75, 3.05) is 30.8 Å². The van der Waals surface area contributed by atoms with Crippen LogP contribution in [0, 0.1) is 0 Å². The highest BCUT2D eigenvalue weighted by molar-refractivity contribution is 7.92. The second-order valence-electron chi connectivity index (χ2n) is 7.69. The number of hydrogen-bond donors (Lipinski definition) is 1. The van der Waals surface area contributed by atoms with Crippen LogP contribution in [0.5, 0.6) is 5.75 Å². The summed E-state index contributed by atoms with van der Waals surface area (Å²) < 4.78 is 31.2. The van der Waals surface area contributed by atoms with E-state index in [-0.39, 0.29) is 12.5 Å². The summed E-state index contributed by atoms with van der Waals surface area (Å²) in [4.78, 5) is 27.8. The van der Waals surface area contributed by atoms with Gasteiger partial charge in [-0.1, -0.05) is 44.2 Å².